The molecule has 0 spiro atoms. The minimum Gasteiger partial charge on any atom is -0.482 e. The van der Waals surface area contributed by atoms with E-state index >= 15 is 0 Å². The van der Waals surface area contributed by atoms with Crippen LogP contribution < -0.4 is 15.8 Å². The normalized spacial score (nSPS) is 9.90. The number of carbonyl (C=O) groups excluding carboxylic acids is 1. The Kier molecular flexibility index (Phi) is 4.35. The minimum absolute atomic E-state index is 0.264. The molecule has 0 aliphatic heterocycles. The Bertz CT molecular complexity index is 656. The van der Waals surface area contributed by atoms with Crippen molar-refractivity contribution in [3.05, 3.63) is 48.2 Å². The van der Waals surface area contributed by atoms with Crippen LogP contribution in [0.4, 0.5) is 11.5 Å². The molecule has 0 saturated heterocycles. The number of rotatable bonds is 5. The van der Waals surface area contributed by atoms with Crippen LogP contribution in [0.2, 0.25) is 0 Å². The van der Waals surface area contributed by atoms with Crippen molar-refractivity contribution in [2.45, 2.75) is 0 Å². The lowest BCUT2D eigenvalue weighted by molar-refractivity contribution is -0.139. The molecular formula is C14H13N3O4. The Morgan fingerprint density at radius 3 is 2.57 bits per heavy atom. The Hall–Kier alpha value is -3.09. The molecule has 0 aliphatic carbocycles. The van der Waals surface area contributed by atoms with Crippen LogP contribution in [0.25, 0.3) is 0 Å². The molecule has 7 nitrogen and oxygen atoms in total. The maximum absolute atomic E-state index is 12.0. The van der Waals surface area contributed by atoms with Crippen molar-refractivity contribution in [2.75, 3.05) is 17.7 Å². The number of hydrogen-bond donors (Lipinski definition) is 3. The average molecular weight is 287 g/mol. The monoisotopic (exact) mass is 287 g/mol. The highest BCUT2D eigenvalue weighted by Gasteiger charge is 2.07. The van der Waals surface area contributed by atoms with Crippen LogP contribution >= 0.6 is 0 Å². The van der Waals surface area contributed by atoms with Crippen molar-refractivity contribution < 1.29 is 19.4 Å². The van der Waals surface area contributed by atoms with E-state index in [1.807, 2.05) is 0 Å². The summed E-state index contributed by atoms with van der Waals surface area (Å²) in [4.78, 5) is 26.1. The first-order valence-corrected chi connectivity index (χ1v) is 6.02. The van der Waals surface area contributed by atoms with Crippen molar-refractivity contribution in [1.29, 1.82) is 0 Å². The van der Waals surface area contributed by atoms with Crippen molar-refractivity contribution in [2.24, 2.45) is 0 Å². The predicted molar refractivity (Wildman–Crippen MR) is 76.2 cm³/mol. The molecule has 0 unspecified atom stereocenters. The van der Waals surface area contributed by atoms with Crippen molar-refractivity contribution in [3.63, 3.8) is 0 Å². The van der Waals surface area contributed by atoms with E-state index in [9.17, 15) is 9.59 Å². The summed E-state index contributed by atoms with van der Waals surface area (Å²) in [5, 5.41) is 11.2. The second-order valence-corrected chi connectivity index (χ2v) is 4.13. The van der Waals surface area contributed by atoms with Gasteiger partial charge in [0, 0.05) is 17.4 Å². The van der Waals surface area contributed by atoms with Gasteiger partial charge in [0.05, 0.1) is 0 Å². The Morgan fingerprint density at radius 2 is 1.95 bits per heavy atom. The molecule has 2 aromatic rings. The van der Waals surface area contributed by atoms with Crippen LogP contribution in [0.15, 0.2) is 42.6 Å². The van der Waals surface area contributed by atoms with Crippen LogP contribution in [0.1, 0.15) is 10.4 Å². The maximum atomic E-state index is 12.0. The number of aliphatic carboxylic acids is 1. The lowest BCUT2D eigenvalue weighted by Crippen LogP contribution is -2.12. The SMILES string of the molecule is Nc1cc(C(=O)Nc2ccc(OCC(=O)O)cc2)ccn1. The van der Waals surface area contributed by atoms with Crippen molar-refractivity contribution in [3.8, 4) is 5.75 Å². The quantitative estimate of drug-likeness (QED) is 0.765. The first-order chi connectivity index (χ1) is 10.0. The van der Waals surface area contributed by atoms with Crippen LogP contribution in [0.3, 0.4) is 0 Å². The molecule has 7 heteroatoms. The number of nitrogens with two attached hydrogens (primary N) is 1. The Balaban J connectivity index is 2.00. The van der Waals surface area contributed by atoms with E-state index in [0.29, 0.717) is 17.0 Å². The molecule has 1 aromatic heterocycles. The summed E-state index contributed by atoms with van der Waals surface area (Å²) in [5.74, 6) is -0.699. The topological polar surface area (TPSA) is 115 Å². The van der Waals surface area contributed by atoms with Gasteiger partial charge in [-0.15, -0.1) is 0 Å². The molecule has 1 aromatic carbocycles. The number of anilines is 2. The fourth-order valence-electron chi connectivity index (χ4n) is 1.57. The molecule has 21 heavy (non-hydrogen) atoms. The number of carboxylic acid groups (broad SMARTS) is 1. The molecule has 0 atom stereocenters. The van der Waals surface area contributed by atoms with E-state index in [1.54, 1.807) is 30.3 Å². The first-order valence-electron chi connectivity index (χ1n) is 6.02. The molecule has 0 aliphatic rings. The highest BCUT2D eigenvalue weighted by molar-refractivity contribution is 6.04. The van der Waals surface area contributed by atoms with E-state index in [0.717, 1.165) is 0 Å². The van der Waals surface area contributed by atoms with Gasteiger partial charge in [0.2, 0.25) is 0 Å². The Morgan fingerprint density at radius 1 is 1.24 bits per heavy atom. The minimum atomic E-state index is -1.05. The van der Waals surface area contributed by atoms with Crippen LogP contribution in [-0.4, -0.2) is 28.6 Å². The van der Waals surface area contributed by atoms with Crippen LogP contribution in [0, 0.1) is 0 Å². The number of amides is 1. The molecule has 4 N–H and O–H groups in total. The number of aromatic nitrogens is 1. The third kappa shape index (κ3) is 4.20. The summed E-state index contributed by atoms with van der Waals surface area (Å²) in [6.45, 7) is -0.415. The number of nitrogens with one attached hydrogen (secondary N) is 1. The van der Waals surface area contributed by atoms with Crippen molar-refractivity contribution >= 4 is 23.4 Å². The molecule has 2 rings (SSSR count). The van der Waals surface area contributed by atoms with Gasteiger partial charge in [-0.1, -0.05) is 0 Å². The smallest absolute Gasteiger partial charge is 0.341 e. The van der Waals surface area contributed by atoms with E-state index < -0.39 is 12.6 Å². The molecule has 1 heterocycles. The van der Waals surface area contributed by atoms with Gasteiger partial charge < -0.3 is 20.9 Å². The van der Waals surface area contributed by atoms with Gasteiger partial charge in [-0.05, 0) is 36.4 Å². The fraction of sp³-hybridized carbons (Fsp3) is 0.0714. The van der Waals surface area contributed by atoms with Crippen LogP contribution in [0.5, 0.6) is 5.75 Å². The maximum Gasteiger partial charge on any atom is 0.341 e. The molecule has 1 amide bonds. The summed E-state index contributed by atoms with van der Waals surface area (Å²) in [7, 11) is 0. The van der Waals surface area contributed by atoms with Crippen LogP contribution in [-0.2, 0) is 4.79 Å². The third-order valence-corrected chi connectivity index (χ3v) is 2.52. The summed E-state index contributed by atoms with van der Waals surface area (Å²) >= 11 is 0. The van der Waals surface area contributed by atoms with Gasteiger partial charge in [0.15, 0.2) is 6.61 Å². The number of nitrogen functional groups attached to an aromatic ring is 1. The van der Waals surface area contributed by atoms with E-state index in [-0.39, 0.29) is 11.7 Å². The average Bonchev–Trinajstić information content (AvgIpc) is 2.46. The van der Waals surface area contributed by atoms with Gasteiger partial charge in [0.1, 0.15) is 11.6 Å². The number of pyridine rings is 1. The zero-order chi connectivity index (χ0) is 15.2. The number of nitrogens with zero attached hydrogens (tertiary/aromatic N) is 1. The highest BCUT2D eigenvalue weighted by atomic mass is 16.5. The predicted octanol–water partition coefficient (Wildman–Crippen LogP) is 1.38. The molecule has 108 valence electrons. The largest absolute Gasteiger partial charge is 0.482 e. The molecular weight excluding hydrogens is 274 g/mol. The van der Waals surface area contributed by atoms with Crippen molar-refractivity contribution in [1.82, 2.24) is 4.98 Å². The van der Waals surface area contributed by atoms with Gasteiger partial charge in [-0.2, -0.15) is 0 Å². The second-order valence-electron chi connectivity index (χ2n) is 4.13. The Labute approximate surface area is 120 Å². The fourth-order valence-corrected chi connectivity index (χ4v) is 1.57. The van der Waals surface area contributed by atoms with Gasteiger partial charge in [0.25, 0.3) is 5.91 Å². The third-order valence-electron chi connectivity index (χ3n) is 2.52. The van der Waals surface area contributed by atoms with Gasteiger partial charge in [-0.25, -0.2) is 9.78 Å². The number of hydrogen-bond acceptors (Lipinski definition) is 5. The number of carbonyl (C=O) groups is 2. The van der Waals surface area contributed by atoms with Gasteiger partial charge in [-0.3, -0.25) is 4.79 Å². The molecule has 0 saturated carbocycles. The molecule has 0 fully saturated rings. The first kappa shape index (κ1) is 14.3. The summed E-state index contributed by atoms with van der Waals surface area (Å²) in [6, 6.07) is 9.38. The lowest BCUT2D eigenvalue weighted by Gasteiger charge is -2.07. The van der Waals surface area contributed by atoms with E-state index in [4.69, 9.17) is 15.6 Å². The zero-order valence-corrected chi connectivity index (χ0v) is 10.9. The summed E-state index contributed by atoms with van der Waals surface area (Å²) in [5.41, 5.74) is 6.46. The lowest BCUT2D eigenvalue weighted by atomic mass is 10.2. The number of benzene rings is 1. The van der Waals surface area contributed by atoms with E-state index in [1.165, 1.54) is 12.3 Å². The summed E-state index contributed by atoms with van der Waals surface area (Å²) in [6.07, 6.45) is 1.45. The van der Waals surface area contributed by atoms with E-state index in [2.05, 4.69) is 10.3 Å². The van der Waals surface area contributed by atoms with Gasteiger partial charge >= 0.3 is 5.97 Å². The second kappa shape index (κ2) is 6.38. The highest BCUT2D eigenvalue weighted by Crippen LogP contribution is 2.16. The molecule has 0 radical (unpaired) electrons. The summed E-state index contributed by atoms with van der Waals surface area (Å²) < 4.78 is 4.99. The number of carboxylic acids is 1. The standard InChI is InChI=1S/C14H13N3O4/c15-12-7-9(5-6-16-12)14(20)17-10-1-3-11(4-2-10)21-8-13(18)19/h1-7H,8H2,(H2,15,16)(H,17,20)(H,18,19). The number of ether oxygens (including phenoxy) is 1. The molecule has 0 bridgehead atoms. The zero-order valence-electron chi connectivity index (χ0n) is 10.9.